The van der Waals surface area contributed by atoms with Crippen LogP contribution in [0.3, 0.4) is 0 Å². The molecule has 0 fully saturated rings. The highest BCUT2D eigenvalue weighted by Gasteiger charge is 2.24. The fraction of sp³-hybridized carbons (Fsp3) is 0.562. The maximum absolute atomic E-state index is 12.0. The molecular weight excluding hydrogens is 268 g/mol. The van der Waals surface area contributed by atoms with Crippen molar-refractivity contribution in [3.8, 4) is 5.75 Å². The first-order valence-electron chi connectivity index (χ1n) is 7.24. The molecule has 5 heteroatoms. The fourth-order valence-corrected chi connectivity index (χ4v) is 2.22. The molecule has 0 aliphatic rings. The third-order valence-corrected chi connectivity index (χ3v) is 3.45. The molecule has 1 aromatic rings. The van der Waals surface area contributed by atoms with Crippen molar-refractivity contribution < 1.29 is 14.6 Å². The summed E-state index contributed by atoms with van der Waals surface area (Å²) in [6.07, 6.45) is 1.62. The van der Waals surface area contributed by atoms with E-state index in [1.54, 1.807) is 7.11 Å². The summed E-state index contributed by atoms with van der Waals surface area (Å²) < 4.78 is 5.31. The lowest BCUT2D eigenvalue weighted by Crippen LogP contribution is -2.52. The SMILES string of the molecule is CCCC(C)(CO)NC(=O)NCc1ccc(C)cc1OC. The molecule has 0 spiro atoms. The van der Waals surface area contributed by atoms with E-state index in [9.17, 15) is 9.90 Å². The van der Waals surface area contributed by atoms with Gasteiger partial charge in [0.15, 0.2) is 0 Å². The Hall–Kier alpha value is -1.75. The number of carbonyl (C=O) groups excluding carboxylic acids is 1. The van der Waals surface area contributed by atoms with Gasteiger partial charge in [-0.2, -0.15) is 0 Å². The van der Waals surface area contributed by atoms with Gasteiger partial charge in [0.05, 0.1) is 19.3 Å². The maximum Gasteiger partial charge on any atom is 0.315 e. The van der Waals surface area contributed by atoms with Crippen LogP contribution < -0.4 is 15.4 Å². The zero-order valence-electron chi connectivity index (χ0n) is 13.3. The van der Waals surface area contributed by atoms with Crippen LogP contribution in [0, 0.1) is 6.92 Å². The molecule has 0 saturated heterocycles. The molecule has 0 aliphatic carbocycles. The van der Waals surface area contributed by atoms with Gasteiger partial charge in [-0.25, -0.2) is 4.79 Å². The highest BCUT2D eigenvalue weighted by molar-refractivity contribution is 5.74. The van der Waals surface area contributed by atoms with Crippen molar-refractivity contribution in [2.45, 2.75) is 45.7 Å². The monoisotopic (exact) mass is 294 g/mol. The second-order valence-electron chi connectivity index (χ2n) is 5.59. The number of urea groups is 1. The van der Waals surface area contributed by atoms with E-state index < -0.39 is 5.54 Å². The van der Waals surface area contributed by atoms with Gasteiger partial charge in [0, 0.05) is 12.1 Å². The molecule has 0 aromatic heterocycles. The molecule has 118 valence electrons. The van der Waals surface area contributed by atoms with Crippen molar-refractivity contribution >= 4 is 6.03 Å². The molecule has 1 aromatic carbocycles. The van der Waals surface area contributed by atoms with Crippen LogP contribution in [0.5, 0.6) is 5.75 Å². The molecular formula is C16H26N2O3. The van der Waals surface area contributed by atoms with E-state index in [-0.39, 0.29) is 12.6 Å². The second kappa shape index (κ2) is 7.88. The number of benzene rings is 1. The minimum atomic E-state index is -0.587. The van der Waals surface area contributed by atoms with E-state index in [0.717, 1.165) is 29.7 Å². The molecule has 1 rings (SSSR count). The summed E-state index contributed by atoms with van der Waals surface area (Å²) in [6.45, 7) is 6.14. The molecule has 3 N–H and O–H groups in total. The Morgan fingerprint density at radius 2 is 2.14 bits per heavy atom. The Morgan fingerprint density at radius 1 is 1.43 bits per heavy atom. The van der Waals surface area contributed by atoms with E-state index >= 15 is 0 Å². The number of carbonyl (C=O) groups is 1. The van der Waals surface area contributed by atoms with E-state index in [2.05, 4.69) is 10.6 Å². The van der Waals surface area contributed by atoms with Crippen LogP contribution in [0.15, 0.2) is 18.2 Å². The lowest BCUT2D eigenvalue weighted by atomic mass is 9.98. The minimum Gasteiger partial charge on any atom is -0.496 e. The molecule has 2 amide bonds. The van der Waals surface area contributed by atoms with Crippen LogP contribution in [-0.4, -0.2) is 30.4 Å². The Labute approximate surface area is 126 Å². The first-order valence-corrected chi connectivity index (χ1v) is 7.24. The summed E-state index contributed by atoms with van der Waals surface area (Å²) in [4.78, 5) is 12.0. The van der Waals surface area contributed by atoms with Crippen LogP contribution in [0.4, 0.5) is 4.79 Å². The van der Waals surface area contributed by atoms with Crippen LogP contribution >= 0.6 is 0 Å². The van der Waals surface area contributed by atoms with Crippen LogP contribution in [0.1, 0.15) is 37.8 Å². The van der Waals surface area contributed by atoms with Crippen molar-refractivity contribution in [3.63, 3.8) is 0 Å². The second-order valence-corrected chi connectivity index (χ2v) is 5.59. The van der Waals surface area contributed by atoms with Gasteiger partial charge in [0.25, 0.3) is 0 Å². The standard InChI is InChI=1S/C16H26N2O3/c1-5-8-16(3,11-19)18-15(20)17-10-13-7-6-12(2)9-14(13)21-4/h6-7,9,19H,5,8,10-11H2,1-4H3,(H2,17,18,20). The van der Waals surface area contributed by atoms with Gasteiger partial charge in [0.2, 0.25) is 0 Å². The van der Waals surface area contributed by atoms with Gasteiger partial charge in [-0.3, -0.25) is 0 Å². The predicted octanol–water partition coefficient (Wildman–Crippen LogP) is 2.35. The molecule has 0 radical (unpaired) electrons. The summed E-state index contributed by atoms with van der Waals surface area (Å²) in [7, 11) is 1.61. The molecule has 1 unspecified atom stereocenters. The van der Waals surface area contributed by atoms with Crippen molar-refractivity contribution in [2.75, 3.05) is 13.7 Å². The van der Waals surface area contributed by atoms with E-state index in [1.165, 1.54) is 0 Å². The Balaban J connectivity index is 2.61. The third kappa shape index (κ3) is 5.27. The Kier molecular flexibility index (Phi) is 6.49. The molecule has 0 heterocycles. The molecule has 0 bridgehead atoms. The van der Waals surface area contributed by atoms with E-state index in [0.29, 0.717) is 6.54 Å². The highest BCUT2D eigenvalue weighted by atomic mass is 16.5. The summed E-state index contributed by atoms with van der Waals surface area (Å²) in [5.41, 5.74) is 1.44. The number of methoxy groups -OCH3 is 1. The molecule has 0 saturated carbocycles. The van der Waals surface area contributed by atoms with E-state index in [1.807, 2.05) is 39.0 Å². The number of rotatable bonds is 7. The summed E-state index contributed by atoms with van der Waals surface area (Å²) in [5, 5.41) is 15.0. The van der Waals surface area contributed by atoms with Crippen LogP contribution in [0.2, 0.25) is 0 Å². The van der Waals surface area contributed by atoms with Crippen LogP contribution in [-0.2, 0) is 6.54 Å². The number of nitrogens with one attached hydrogen (secondary N) is 2. The topological polar surface area (TPSA) is 70.6 Å². The lowest BCUT2D eigenvalue weighted by Gasteiger charge is -2.28. The highest BCUT2D eigenvalue weighted by Crippen LogP contribution is 2.19. The van der Waals surface area contributed by atoms with Gasteiger partial charge in [-0.1, -0.05) is 25.5 Å². The number of hydrogen-bond acceptors (Lipinski definition) is 3. The van der Waals surface area contributed by atoms with Gasteiger partial charge in [-0.05, 0) is 31.9 Å². The zero-order chi connectivity index (χ0) is 15.9. The molecule has 1 atom stereocenters. The fourth-order valence-electron chi connectivity index (χ4n) is 2.22. The van der Waals surface area contributed by atoms with Gasteiger partial charge in [0.1, 0.15) is 5.75 Å². The number of aliphatic hydroxyl groups excluding tert-OH is 1. The number of aliphatic hydroxyl groups is 1. The van der Waals surface area contributed by atoms with Crippen LogP contribution in [0.25, 0.3) is 0 Å². The normalized spacial score (nSPS) is 13.4. The average molecular weight is 294 g/mol. The van der Waals surface area contributed by atoms with E-state index in [4.69, 9.17) is 4.74 Å². The van der Waals surface area contributed by atoms with Gasteiger partial charge >= 0.3 is 6.03 Å². The first-order chi connectivity index (χ1) is 9.94. The van der Waals surface area contributed by atoms with Crippen molar-refractivity contribution in [1.82, 2.24) is 10.6 Å². The quantitative estimate of drug-likeness (QED) is 0.723. The average Bonchev–Trinajstić information content (AvgIpc) is 2.46. The molecule has 21 heavy (non-hydrogen) atoms. The molecule has 0 aliphatic heterocycles. The smallest absolute Gasteiger partial charge is 0.315 e. The van der Waals surface area contributed by atoms with Crippen molar-refractivity contribution in [3.05, 3.63) is 29.3 Å². The number of ether oxygens (including phenoxy) is 1. The van der Waals surface area contributed by atoms with Gasteiger partial charge < -0.3 is 20.5 Å². The largest absolute Gasteiger partial charge is 0.496 e. The Bertz CT molecular complexity index is 477. The third-order valence-electron chi connectivity index (χ3n) is 3.45. The number of hydrogen-bond donors (Lipinski definition) is 3. The summed E-state index contributed by atoms with van der Waals surface area (Å²) >= 11 is 0. The Morgan fingerprint density at radius 3 is 2.71 bits per heavy atom. The zero-order valence-corrected chi connectivity index (χ0v) is 13.3. The van der Waals surface area contributed by atoms with Gasteiger partial charge in [-0.15, -0.1) is 0 Å². The number of amides is 2. The summed E-state index contributed by atoms with van der Waals surface area (Å²) in [5.74, 6) is 0.758. The van der Waals surface area contributed by atoms with Crippen molar-refractivity contribution in [2.24, 2.45) is 0 Å². The lowest BCUT2D eigenvalue weighted by molar-refractivity contribution is 0.163. The number of aryl methyl sites for hydroxylation is 1. The predicted molar refractivity (Wildman–Crippen MR) is 83.5 cm³/mol. The maximum atomic E-state index is 12.0. The minimum absolute atomic E-state index is 0.0812. The van der Waals surface area contributed by atoms with Crippen molar-refractivity contribution in [1.29, 1.82) is 0 Å². The molecule has 5 nitrogen and oxygen atoms in total. The first kappa shape index (κ1) is 17.3. The summed E-state index contributed by atoms with van der Waals surface area (Å²) in [6, 6.07) is 5.56.